The van der Waals surface area contributed by atoms with Gasteiger partial charge < -0.3 is 24.8 Å². The maximum absolute atomic E-state index is 9.40. The van der Waals surface area contributed by atoms with Gasteiger partial charge in [-0.15, -0.1) is 0 Å². The van der Waals surface area contributed by atoms with E-state index in [2.05, 4.69) is 0 Å². The third kappa shape index (κ3) is 1.60. The van der Waals surface area contributed by atoms with Crippen LogP contribution in [0.5, 0.6) is 0 Å². The van der Waals surface area contributed by atoms with Gasteiger partial charge in [-0.05, 0) is 6.92 Å². The third-order valence-electron chi connectivity index (χ3n) is 2.07. The molecule has 0 aromatic heterocycles. The molecule has 5 heteroatoms. The number of ether oxygens (including phenoxy) is 2. The fourth-order valence-electron chi connectivity index (χ4n) is 1.29. The molecule has 0 spiro atoms. The lowest BCUT2D eigenvalue weighted by Crippen LogP contribution is -2.57. The first-order valence-corrected chi connectivity index (χ1v) is 3.80. The fourth-order valence-corrected chi connectivity index (χ4v) is 1.29. The van der Waals surface area contributed by atoms with Gasteiger partial charge in [0.1, 0.15) is 18.3 Å². The van der Waals surface area contributed by atoms with Crippen molar-refractivity contribution in [2.24, 2.45) is 0 Å². The highest BCUT2D eigenvalue weighted by Crippen LogP contribution is 2.21. The lowest BCUT2D eigenvalue weighted by Gasteiger charge is -2.38. The molecule has 12 heavy (non-hydrogen) atoms. The highest BCUT2D eigenvalue weighted by Gasteiger charge is 2.42. The molecule has 1 aliphatic heterocycles. The van der Waals surface area contributed by atoms with E-state index in [1.807, 2.05) is 0 Å². The maximum atomic E-state index is 9.40. The minimum absolute atomic E-state index is 0.534. The van der Waals surface area contributed by atoms with E-state index in [4.69, 9.17) is 14.6 Å². The zero-order valence-corrected chi connectivity index (χ0v) is 7.04. The summed E-state index contributed by atoms with van der Waals surface area (Å²) in [4.78, 5) is 0. The summed E-state index contributed by atoms with van der Waals surface area (Å²) in [7, 11) is 1.36. The van der Waals surface area contributed by atoms with Crippen molar-refractivity contribution in [2.45, 2.75) is 37.6 Å². The molecule has 0 bridgehead atoms. The lowest BCUT2D eigenvalue weighted by molar-refractivity contribution is -0.282. The second-order valence-corrected chi connectivity index (χ2v) is 2.91. The van der Waals surface area contributed by atoms with Gasteiger partial charge in [0.25, 0.3) is 0 Å². The van der Waals surface area contributed by atoms with Gasteiger partial charge in [0.05, 0.1) is 6.10 Å². The molecule has 0 saturated carbocycles. The molecule has 72 valence electrons. The van der Waals surface area contributed by atoms with E-state index < -0.39 is 30.7 Å². The van der Waals surface area contributed by atoms with Crippen molar-refractivity contribution >= 4 is 0 Å². The van der Waals surface area contributed by atoms with E-state index in [0.717, 1.165) is 0 Å². The Hall–Kier alpha value is -0.200. The van der Waals surface area contributed by atoms with E-state index in [1.54, 1.807) is 6.92 Å². The monoisotopic (exact) mass is 178 g/mol. The number of hydrogen-bond acceptors (Lipinski definition) is 5. The summed E-state index contributed by atoms with van der Waals surface area (Å²) in [5.74, 6) is 0. The molecule has 1 heterocycles. The average Bonchev–Trinajstić information content (AvgIpc) is 2.02. The van der Waals surface area contributed by atoms with Crippen LogP contribution < -0.4 is 0 Å². The summed E-state index contributed by atoms with van der Waals surface area (Å²) in [6.45, 7) is 1.60. The van der Waals surface area contributed by atoms with Crippen molar-refractivity contribution in [3.63, 3.8) is 0 Å². The Bertz CT molecular complexity index is 137. The normalized spacial score (nSPS) is 49.2. The van der Waals surface area contributed by atoms with Crippen LogP contribution >= 0.6 is 0 Å². The van der Waals surface area contributed by atoms with Crippen molar-refractivity contribution in [1.29, 1.82) is 0 Å². The number of methoxy groups -OCH3 is 1. The Morgan fingerprint density at radius 3 is 2.25 bits per heavy atom. The highest BCUT2D eigenvalue weighted by molar-refractivity contribution is 4.87. The van der Waals surface area contributed by atoms with Crippen molar-refractivity contribution < 1.29 is 24.8 Å². The van der Waals surface area contributed by atoms with Crippen molar-refractivity contribution in [3.05, 3.63) is 0 Å². The zero-order chi connectivity index (χ0) is 9.30. The van der Waals surface area contributed by atoms with Crippen LogP contribution in [0, 0.1) is 0 Å². The summed E-state index contributed by atoms with van der Waals surface area (Å²) in [5.41, 5.74) is 0. The number of aliphatic hydroxyl groups excluding tert-OH is 3. The Morgan fingerprint density at radius 1 is 1.17 bits per heavy atom. The second kappa shape index (κ2) is 3.68. The van der Waals surface area contributed by atoms with Gasteiger partial charge in [0.15, 0.2) is 6.29 Å². The molecule has 1 fully saturated rings. The Morgan fingerprint density at radius 2 is 1.75 bits per heavy atom. The molecule has 5 nitrogen and oxygen atoms in total. The molecule has 3 N–H and O–H groups in total. The molecular weight excluding hydrogens is 164 g/mol. The van der Waals surface area contributed by atoms with E-state index in [9.17, 15) is 10.2 Å². The van der Waals surface area contributed by atoms with Crippen LogP contribution in [0.25, 0.3) is 0 Å². The fraction of sp³-hybridized carbons (Fsp3) is 1.00. The van der Waals surface area contributed by atoms with Crippen molar-refractivity contribution in [1.82, 2.24) is 0 Å². The molecule has 0 aromatic carbocycles. The number of rotatable bonds is 1. The van der Waals surface area contributed by atoms with Crippen molar-refractivity contribution in [2.75, 3.05) is 7.11 Å². The topological polar surface area (TPSA) is 79.2 Å². The van der Waals surface area contributed by atoms with Crippen LogP contribution in [0.2, 0.25) is 0 Å². The van der Waals surface area contributed by atoms with Gasteiger partial charge in [-0.1, -0.05) is 0 Å². The molecule has 5 atom stereocenters. The largest absolute Gasteiger partial charge is 0.388 e. The number of aliphatic hydroxyl groups is 3. The van der Waals surface area contributed by atoms with Gasteiger partial charge >= 0.3 is 0 Å². The van der Waals surface area contributed by atoms with E-state index in [1.165, 1.54) is 7.11 Å². The van der Waals surface area contributed by atoms with E-state index in [0.29, 0.717) is 0 Å². The number of hydrogen-bond donors (Lipinski definition) is 3. The molecule has 0 radical (unpaired) electrons. The molecule has 0 unspecified atom stereocenters. The van der Waals surface area contributed by atoms with Crippen LogP contribution in [-0.2, 0) is 9.47 Å². The molecule has 0 amide bonds. The molecular formula is C7H14O5. The molecule has 1 rings (SSSR count). The smallest absolute Gasteiger partial charge is 0.183 e. The summed E-state index contributed by atoms with van der Waals surface area (Å²) < 4.78 is 9.63. The quantitative estimate of drug-likeness (QED) is 0.453. The molecule has 1 aliphatic rings. The summed E-state index contributed by atoms with van der Waals surface area (Å²) in [6, 6.07) is 0. The Labute approximate surface area is 70.5 Å². The maximum Gasteiger partial charge on any atom is 0.183 e. The Balaban J connectivity index is 2.67. The van der Waals surface area contributed by atoms with Gasteiger partial charge in [0.2, 0.25) is 0 Å². The predicted molar refractivity (Wildman–Crippen MR) is 39.4 cm³/mol. The summed E-state index contributed by atoms with van der Waals surface area (Å²) in [6.07, 6.45) is -4.71. The summed E-state index contributed by atoms with van der Waals surface area (Å²) >= 11 is 0. The van der Waals surface area contributed by atoms with Crippen molar-refractivity contribution in [3.8, 4) is 0 Å². The first-order chi connectivity index (χ1) is 5.57. The minimum atomic E-state index is -1.28. The average molecular weight is 178 g/mol. The van der Waals surface area contributed by atoms with E-state index >= 15 is 0 Å². The van der Waals surface area contributed by atoms with Gasteiger partial charge in [-0.3, -0.25) is 0 Å². The third-order valence-corrected chi connectivity index (χ3v) is 2.07. The van der Waals surface area contributed by atoms with Crippen LogP contribution in [0.1, 0.15) is 6.92 Å². The van der Waals surface area contributed by atoms with Crippen LogP contribution in [0.3, 0.4) is 0 Å². The predicted octanol–water partition coefficient (Wildman–Crippen LogP) is -1.54. The minimum Gasteiger partial charge on any atom is -0.388 e. The standard InChI is InChI=1S/C7H14O5/c1-3-4(8)6(11-2)5(9)7(10)12-3/h3-10H,1-2H3/t3-,4-,5+,6+,7-/m0/s1. The summed E-state index contributed by atoms with van der Waals surface area (Å²) in [5, 5.41) is 27.8. The lowest BCUT2D eigenvalue weighted by atomic mass is 10.00. The second-order valence-electron chi connectivity index (χ2n) is 2.91. The van der Waals surface area contributed by atoms with Crippen LogP contribution in [0.4, 0.5) is 0 Å². The van der Waals surface area contributed by atoms with E-state index in [-0.39, 0.29) is 0 Å². The molecule has 0 aromatic rings. The zero-order valence-electron chi connectivity index (χ0n) is 7.04. The highest BCUT2D eigenvalue weighted by atomic mass is 16.6. The molecule has 1 saturated heterocycles. The van der Waals surface area contributed by atoms with Gasteiger partial charge in [0, 0.05) is 7.11 Å². The van der Waals surface area contributed by atoms with Gasteiger partial charge in [-0.2, -0.15) is 0 Å². The van der Waals surface area contributed by atoms with Crippen LogP contribution in [-0.4, -0.2) is 53.1 Å². The van der Waals surface area contributed by atoms with Crippen LogP contribution in [0.15, 0.2) is 0 Å². The first-order valence-electron chi connectivity index (χ1n) is 3.80. The Kier molecular flexibility index (Phi) is 3.03. The first kappa shape index (κ1) is 9.88. The van der Waals surface area contributed by atoms with Gasteiger partial charge in [-0.25, -0.2) is 0 Å². The SMILES string of the molecule is CO[C@@H]1[C@@H](O)[C@H](C)O[C@H](O)[C@@H]1O. The molecule has 0 aliphatic carbocycles.